The summed E-state index contributed by atoms with van der Waals surface area (Å²) >= 11 is 3.55. The van der Waals surface area contributed by atoms with E-state index < -0.39 is 0 Å². The Morgan fingerprint density at radius 2 is 1.68 bits per heavy atom. The van der Waals surface area contributed by atoms with E-state index >= 15 is 0 Å². The Kier molecular flexibility index (Phi) is 2.40. The molecule has 2 aromatic carbocycles. The van der Waals surface area contributed by atoms with Gasteiger partial charge in [-0.25, -0.2) is 0 Å². The summed E-state index contributed by atoms with van der Waals surface area (Å²) in [5.74, 6) is 0. The summed E-state index contributed by atoms with van der Waals surface area (Å²) in [7, 11) is 0. The Hall–Kier alpha value is -1.16. The smallest absolute Gasteiger partial charge is 0.0662 e. The van der Waals surface area contributed by atoms with Crippen LogP contribution in [0.2, 0.25) is 0 Å². The third kappa shape index (κ3) is 1.69. The molecule has 3 N–H and O–H groups in total. The van der Waals surface area contributed by atoms with Gasteiger partial charge in [0.2, 0.25) is 0 Å². The van der Waals surface area contributed by atoms with Crippen LogP contribution in [0.3, 0.4) is 0 Å². The van der Waals surface area contributed by atoms with Crippen LogP contribution >= 0.6 is 15.9 Å². The SMILES string of the molecule is NC1(c2ccc3c(c2)Cc2cc(Br)ccc2-3)CNC1. The van der Waals surface area contributed by atoms with Crippen LogP contribution in [-0.4, -0.2) is 13.1 Å². The van der Waals surface area contributed by atoms with Gasteiger partial charge in [-0.05, 0) is 46.4 Å². The van der Waals surface area contributed by atoms with E-state index in [2.05, 4.69) is 57.6 Å². The van der Waals surface area contributed by atoms with Crippen molar-refractivity contribution in [3.8, 4) is 11.1 Å². The van der Waals surface area contributed by atoms with Crippen molar-refractivity contribution >= 4 is 15.9 Å². The molecule has 2 aliphatic rings. The molecule has 1 fully saturated rings. The molecule has 0 atom stereocenters. The van der Waals surface area contributed by atoms with Crippen LogP contribution < -0.4 is 11.1 Å². The van der Waals surface area contributed by atoms with Gasteiger partial charge < -0.3 is 11.1 Å². The number of hydrogen-bond donors (Lipinski definition) is 2. The summed E-state index contributed by atoms with van der Waals surface area (Å²) in [6.45, 7) is 1.76. The average Bonchev–Trinajstić information content (AvgIpc) is 2.72. The minimum atomic E-state index is -0.162. The van der Waals surface area contributed by atoms with Gasteiger partial charge in [-0.15, -0.1) is 0 Å². The molecule has 0 saturated carbocycles. The zero-order valence-electron chi connectivity index (χ0n) is 10.5. The Labute approximate surface area is 121 Å². The predicted octanol–water partition coefficient (Wildman–Crippen LogP) is 2.78. The van der Waals surface area contributed by atoms with Crippen LogP contribution in [-0.2, 0) is 12.0 Å². The average molecular weight is 315 g/mol. The summed E-state index contributed by atoms with van der Waals surface area (Å²) < 4.78 is 1.15. The Bertz CT molecular complexity index is 674. The van der Waals surface area contributed by atoms with E-state index in [0.29, 0.717) is 0 Å². The van der Waals surface area contributed by atoms with Gasteiger partial charge in [0.1, 0.15) is 0 Å². The van der Waals surface area contributed by atoms with Gasteiger partial charge in [-0.1, -0.05) is 40.2 Å². The quantitative estimate of drug-likeness (QED) is 0.725. The van der Waals surface area contributed by atoms with Crippen LogP contribution in [0, 0.1) is 0 Å². The number of nitrogens with two attached hydrogens (primary N) is 1. The molecule has 96 valence electrons. The first-order valence-corrected chi connectivity index (χ1v) is 7.37. The minimum Gasteiger partial charge on any atom is -0.319 e. The Balaban J connectivity index is 1.80. The van der Waals surface area contributed by atoms with Crippen molar-refractivity contribution in [2.24, 2.45) is 5.73 Å². The minimum absolute atomic E-state index is 0.162. The molecule has 2 nitrogen and oxygen atoms in total. The van der Waals surface area contributed by atoms with Gasteiger partial charge in [-0.3, -0.25) is 0 Å². The molecule has 0 unspecified atom stereocenters. The van der Waals surface area contributed by atoms with E-state index in [0.717, 1.165) is 24.0 Å². The lowest BCUT2D eigenvalue weighted by Gasteiger charge is -2.39. The van der Waals surface area contributed by atoms with Crippen molar-refractivity contribution in [1.29, 1.82) is 0 Å². The van der Waals surface area contributed by atoms with E-state index in [4.69, 9.17) is 5.73 Å². The molecule has 0 spiro atoms. The summed E-state index contributed by atoms with van der Waals surface area (Å²) in [5.41, 5.74) is 13.0. The van der Waals surface area contributed by atoms with Gasteiger partial charge in [0, 0.05) is 17.6 Å². The number of nitrogens with one attached hydrogen (secondary N) is 1. The molecule has 1 saturated heterocycles. The van der Waals surface area contributed by atoms with Gasteiger partial charge >= 0.3 is 0 Å². The normalized spacial score (nSPS) is 18.6. The molecule has 2 aromatic rings. The van der Waals surface area contributed by atoms with E-state index in [1.807, 2.05) is 0 Å². The van der Waals surface area contributed by atoms with Crippen LogP contribution in [0.4, 0.5) is 0 Å². The highest BCUT2D eigenvalue weighted by atomic mass is 79.9. The first kappa shape index (κ1) is 11.6. The second kappa shape index (κ2) is 3.92. The van der Waals surface area contributed by atoms with E-state index in [-0.39, 0.29) is 5.54 Å². The summed E-state index contributed by atoms with van der Waals surface area (Å²) in [6.07, 6.45) is 1.02. The van der Waals surface area contributed by atoms with Crippen molar-refractivity contribution in [3.63, 3.8) is 0 Å². The third-order valence-electron chi connectivity index (χ3n) is 4.30. The second-order valence-corrected chi connectivity index (χ2v) is 6.53. The van der Waals surface area contributed by atoms with Crippen molar-refractivity contribution in [2.45, 2.75) is 12.0 Å². The topological polar surface area (TPSA) is 38.0 Å². The number of fused-ring (bicyclic) bond motifs is 3. The largest absolute Gasteiger partial charge is 0.319 e. The lowest BCUT2D eigenvalue weighted by atomic mass is 9.84. The second-order valence-electron chi connectivity index (χ2n) is 5.61. The van der Waals surface area contributed by atoms with Crippen molar-refractivity contribution in [1.82, 2.24) is 5.32 Å². The molecule has 19 heavy (non-hydrogen) atoms. The number of halogens is 1. The highest BCUT2D eigenvalue weighted by molar-refractivity contribution is 9.10. The predicted molar refractivity (Wildman–Crippen MR) is 81.1 cm³/mol. The van der Waals surface area contributed by atoms with E-state index in [1.165, 1.54) is 27.8 Å². The fourth-order valence-corrected chi connectivity index (χ4v) is 3.50. The van der Waals surface area contributed by atoms with Crippen LogP contribution in [0.5, 0.6) is 0 Å². The monoisotopic (exact) mass is 314 g/mol. The number of rotatable bonds is 1. The first-order valence-electron chi connectivity index (χ1n) is 6.58. The van der Waals surface area contributed by atoms with Gasteiger partial charge in [0.05, 0.1) is 5.54 Å². The lowest BCUT2D eigenvalue weighted by molar-refractivity contribution is 0.287. The molecule has 4 rings (SSSR count). The van der Waals surface area contributed by atoms with Gasteiger partial charge in [-0.2, -0.15) is 0 Å². The molecule has 0 bridgehead atoms. The van der Waals surface area contributed by atoms with Crippen LogP contribution in [0.15, 0.2) is 40.9 Å². The molecule has 0 aromatic heterocycles. The molecule has 1 aliphatic carbocycles. The standard InChI is InChI=1S/C16H15BrN2/c17-13-2-4-15-11(7-13)5-10-6-12(1-3-14(10)15)16(18)8-19-9-16/h1-4,6-7,19H,5,8-9,18H2. The first-order chi connectivity index (χ1) is 9.16. The van der Waals surface area contributed by atoms with Crippen LogP contribution in [0.25, 0.3) is 11.1 Å². The molecule has 1 aliphatic heterocycles. The fraction of sp³-hybridized carbons (Fsp3) is 0.250. The van der Waals surface area contributed by atoms with E-state index in [9.17, 15) is 0 Å². The van der Waals surface area contributed by atoms with Gasteiger partial charge in [0.15, 0.2) is 0 Å². The summed E-state index contributed by atoms with van der Waals surface area (Å²) in [6, 6.07) is 13.3. The van der Waals surface area contributed by atoms with Crippen molar-refractivity contribution in [2.75, 3.05) is 13.1 Å². The Morgan fingerprint density at radius 1 is 1.00 bits per heavy atom. The Morgan fingerprint density at radius 3 is 2.37 bits per heavy atom. The maximum atomic E-state index is 6.38. The molecule has 1 heterocycles. The molecule has 0 amide bonds. The number of hydrogen-bond acceptors (Lipinski definition) is 2. The number of benzene rings is 2. The zero-order chi connectivity index (χ0) is 13.0. The van der Waals surface area contributed by atoms with Gasteiger partial charge in [0.25, 0.3) is 0 Å². The molecule has 0 radical (unpaired) electrons. The molecular formula is C16H15BrN2. The highest BCUT2D eigenvalue weighted by Crippen LogP contribution is 2.39. The molecular weight excluding hydrogens is 300 g/mol. The fourth-order valence-electron chi connectivity index (χ4n) is 3.09. The van der Waals surface area contributed by atoms with Crippen LogP contribution in [0.1, 0.15) is 16.7 Å². The summed E-state index contributed by atoms with van der Waals surface area (Å²) in [5, 5.41) is 3.26. The van der Waals surface area contributed by atoms with E-state index in [1.54, 1.807) is 0 Å². The lowest BCUT2D eigenvalue weighted by Crippen LogP contribution is -2.62. The summed E-state index contributed by atoms with van der Waals surface area (Å²) in [4.78, 5) is 0. The molecule has 3 heteroatoms. The van der Waals surface area contributed by atoms with Crippen molar-refractivity contribution in [3.05, 3.63) is 57.6 Å². The third-order valence-corrected chi connectivity index (χ3v) is 4.79. The van der Waals surface area contributed by atoms with Crippen molar-refractivity contribution < 1.29 is 0 Å². The maximum Gasteiger partial charge on any atom is 0.0662 e. The zero-order valence-corrected chi connectivity index (χ0v) is 12.1. The highest BCUT2D eigenvalue weighted by Gasteiger charge is 2.35. The maximum absolute atomic E-state index is 6.38.